The number of nitro benzene ring substituents is 2. The monoisotopic (exact) mass is 384 g/mol. The molecule has 3 rings (SSSR count). The molecule has 146 valence electrons. The van der Waals surface area contributed by atoms with Crippen LogP contribution < -0.4 is 4.90 Å². The summed E-state index contributed by atoms with van der Waals surface area (Å²) in [5, 5.41) is 22.3. The van der Waals surface area contributed by atoms with Crippen LogP contribution in [0.15, 0.2) is 42.5 Å². The second-order valence-electron chi connectivity index (χ2n) is 6.71. The van der Waals surface area contributed by atoms with Crippen molar-refractivity contribution in [2.24, 2.45) is 0 Å². The summed E-state index contributed by atoms with van der Waals surface area (Å²) in [6.45, 7) is 4.50. The number of ketones is 1. The minimum absolute atomic E-state index is 0.0670. The molecule has 0 unspecified atom stereocenters. The lowest BCUT2D eigenvalue weighted by Crippen LogP contribution is -2.46. The lowest BCUT2D eigenvalue weighted by Gasteiger charge is -2.35. The highest BCUT2D eigenvalue weighted by Gasteiger charge is 2.25. The van der Waals surface area contributed by atoms with Gasteiger partial charge in [-0.1, -0.05) is 12.1 Å². The fourth-order valence-corrected chi connectivity index (χ4v) is 3.33. The number of nitro groups is 2. The molecule has 0 aromatic heterocycles. The number of non-ortho nitro benzene ring substituents is 1. The zero-order valence-corrected chi connectivity index (χ0v) is 15.4. The first-order valence-corrected chi connectivity index (χ1v) is 8.85. The maximum atomic E-state index is 11.5. The van der Waals surface area contributed by atoms with Crippen molar-refractivity contribution >= 4 is 22.8 Å². The second-order valence-corrected chi connectivity index (χ2v) is 6.71. The quantitative estimate of drug-likeness (QED) is 0.428. The second kappa shape index (κ2) is 8.13. The van der Waals surface area contributed by atoms with Gasteiger partial charge in [0, 0.05) is 56.5 Å². The van der Waals surface area contributed by atoms with Gasteiger partial charge in [0.2, 0.25) is 0 Å². The number of Topliss-reactive ketones (excluding diaryl/α,β-unsaturated/α-hetero) is 1. The summed E-state index contributed by atoms with van der Waals surface area (Å²) >= 11 is 0. The van der Waals surface area contributed by atoms with E-state index in [0.29, 0.717) is 44.0 Å². The molecule has 0 radical (unpaired) electrons. The normalized spacial score (nSPS) is 14.7. The molecular weight excluding hydrogens is 364 g/mol. The molecule has 1 aliphatic rings. The summed E-state index contributed by atoms with van der Waals surface area (Å²) < 4.78 is 0. The van der Waals surface area contributed by atoms with Crippen molar-refractivity contribution in [1.29, 1.82) is 0 Å². The van der Waals surface area contributed by atoms with Crippen molar-refractivity contribution in [3.63, 3.8) is 0 Å². The van der Waals surface area contributed by atoms with E-state index >= 15 is 0 Å². The SMILES string of the molecule is CC(=O)c1ccc(N2CCN(Cc3cccc([N+](=O)[O-])c3)CC2)c([N+](=O)[O-])c1. The van der Waals surface area contributed by atoms with Crippen LogP contribution >= 0.6 is 0 Å². The Hall–Kier alpha value is -3.33. The third-order valence-corrected chi connectivity index (χ3v) is 4.82. The predicted octanol–water partition coefficient (Wildman–Crippen LogP) is 3.03. The average Bonchev–Trinajstić information content (AvgIpc) is 2.68. The molecule has 0 bridgehead atoms. The molecule has 9 nitrogen and oxygen atoms in total. The number of benzene rings is 2. The molecule has 28 heavy (non-hydrogen) atoms. The van der Waals surface area contributed by atoms with Crippen molar-refractivity contribution in [3.05, 3.63) is 73.8 Å². The molecule has 0 aliphatic carbocycles. The van der Waals surface area contributed by atoms with E-state index in [1.54, 1.807) is 24.3 Å². The molecule has 1 fully saturated rings. The van der Waals surface area contributed by atoms with Crippen molar-refractivity contribution in [3.8, 4) is 0 Å². The highest BCUT2D eigenvalue weighted by atomic mass is 16.6. The van der Waals surface area contributed by atoms with Crippen LogP contribution in [0.3, 0.4) is 0 Å². The van der Waals surface area contributed by atoms with Crippen LogP contribution in [0.4, 0.5) is 17.1 Å². The van der Waals surface area contributed by atoms with Crippen LogP contribution in [-0.2, 0) is 6.54 Å². The number of carbonyl (C=O) groups excluding carboxylic acids is 1. The highest BCUT2D eigenvalue weighted by Crippen LogP contribution is 2.30. The van der Waals surface area contributed by atoms with Gasteiger partial charge in [-0.15, -0.1) is 0 Å². The molecular formula is C19H20N4O5. The van der Waals surface area contributed by atoms with Crippen LogP contribution in [0.25, 0.3) is 0 Å². The lowest BCUT2D eigenvalue weighted by atomic mass is 10.1. The van der Waals surface area contributed by atoms with Crippen molar-refractivity contribution < 1.29 is 14.6 Å². The Balaban J connectivity index is 1.69. The third kappa shape index (κ3) is 4.32. The standard InChI is InChI=1S/C19H20N4O5/c1-14(24)16-5-6-18(19(12-16)23(27)28)21-9-7-20(8-10-21)13-15-3-2-4-17(11-15)22(25)26/h2-6,11-12H,7-10,13H2,1H3. The van der Waals surface area contributed by atoms with Gasteiger partial charge < -0.3 is 4.90 Å². The molecule has 0 spiro atoms. The molecule has 1 saturated heterocycles. The first-order valence-electron chi connectivity index (χ1n) is 8.85. The number of piperazine rings is 1. The maximum absolute atomic E-state index is 11.5. The minimum atomic E-state index is -0.461. The van der Waals surface area contributed by atoms with Gasteiger partial charge in [-0.25, -0.2) is 0 Å². The zero-order valence-electron chi connectivity index (χ0n) is 15.4. The fraction of sp³-hybridized carbons (Fsp3) is 0.316. The predicted molar refractivity (Wildman–Crippen MR) is 104 cm³/mol. The van der Waals surface area contributed by atoms with Crippen LogP contribution in [0.5, 0.6) is 0 Å². The van der Waals surface area contributed by atoms with E-state index in [1.807, 2.05) is 11.0 Å². The van der Waals surface area contributed by atoms with Gasteiger partial charge in [-0.05, 0) is 24.6 Å². The van der Waals surface area contributed by atoms with Gasteiger partial charge in [0.05, 0.1) is 9.85 Å². The maximum Gasteiger partial charge on any atom is 0.293 e. The molecule has 0 N–H and O–H groups in total. The van der Waals surface area contributed by atoms with E-state index in [2.05, 4.69) is 4.90 Å². The Bertz CT molecular complexity index is 922. The van der Waals surface area contributed by atoms with E-state index in [0.717, 1.165) is 5.56 Å². The Morgan fingerprint density at radius 3 is 2.32 bits per heavy atom. The Morgan fingerprint density at radius 1 is 1.00 bits per heavy atom. The minimum Gasteiger partial charge on any atom is -0.363 e. The summed E-state index contributed by atoms with van der Waals surface area (Å²) in [6, 6.07) is 11.1. The molecule has 0 atom stereocenters. The van der Waals surface area contributed by atoms with Crippen LogP contribution in [-0.4, -0.2) is 46.7 Å². The first-order chi connectivity index (χ1) is 13.3. The van der Waals surface area contributed by atoms with E-state index in [4.69, 9.17) is 0 Å². The van der Waals surface area contributed by atoms with Crippen molar-refractivity contribution in [1.82, 2.24) is 4.90 Å². The molecule has 2 aromatic rings. The zero-order chi connectivity index (χ0) is 20.3. The van der Waals surface area contributed by atoms with Gasteiger partial charge in [-0.2, -0.15) is 0 Å². The number of anilines is 1. The topological polar surface area (TPSA) is 110 Å². The summed E-state index contributed by atoms with van der Waals surface area (Å²) in [7, 11) is 0. The Labute approximate surface area is 161 Å². The highest BCUT2D eigenvalue weighted by molar-refractivity contribution is 5.95. The van der Waals surface area contributed by atoms with Gasteiger partial charge in [-0.3, -0.25) is 29.9 Å². The average molecular weight is 384 g/mol. The number of rotatable bonds is 6. The molecule has 0 amide bonds. The van der Waals surface area contributed by atoms with Crippen LogP contribution in [0, 0.1) is 20.2 Å². The summed E-state index contributed by atoms with van der Waals surface area (Å²) in [5.41, 5.74) is 1.68. The summed E-state index contributed by atoms with van der Waals surface area (Å²) in [4.78, 5) is 37.1. The lowest BCUT2D eigenvalue weighted by molar-refractivity contribution is -0.385. The summed E-state index contributed by atoms with van der Waals surface area (Å²) in [6.07, 6.45) is 0. The Kier molecular flexibility index (Phi) is 5.65. The van der Waals surface area contributed by atoms with Gasteiger partial charge in [0.15, 0.2) is 5.78 Å². The van der Waals surface area contributed by atoms with Gasteiger partial charge in [0.1, 0.15) is 5.69 Å². The van der Waals surface area contributed by atoms with Gasteiger partial charge in [0.25, 0.3) is 11.4 Å². The molecule has 1 aliphatic heterocycles. The summed E-state index contributed by atoms with van der Waals surface area (Å²) in [5.74, 6) is -0.212. The first kappa shape index (κ1) is 19.4. The van der Waals surface area contributed by atoms with E-state index in [-0.39, 0.29) is 17.2 Å². The van der Waals surface area contributed by atoms with Crippen LogP contribution in [0.2, 0.25) is 0 Å². The molecule has 1 heterocycles. The smallest absolute Gasteiger partial charge is 0.293 e. The fourth-order valence-electron chi connectivity index (χ4n) is 3.33. The number of carbonyl (C=O) groups is 1. The van der Waals surface area contributed by atoms with E-state index in [1.165, 1.54) is 19.1 Å². The van der Waals surface area contributed by atoms with E-state index < -0.39 is 9.85 Å². The third-order valence-electron chi connectivity index (χ3n) is 4.82. The molecule has 9 heteroatoms. The number of hydrogen-bond acceptors (Lipinski definition) is 7. The molecule has 0 saturated carbocycles. The van der Waals surface area contributed by atoms with Gasteiger partial charge >= 0.3 is 0 Å². The number of hydrogen-bond donors (Lipinski definition) is 0. The van der Waals surface area contributed by atoms with Crippen molar-refractivity contribution in [2.45, 2.75) is 13.5 Å². The Morgan fingerprint density at radius 2 is 1.71 bits per heavy atom. The molecule has 2 aromatic carbocycles. The van der Waals surface area contributed by atoms with E-state index in [9.17, 15) is 25.0 Å². The number of nitrogens with zero attached hydrogens (tertiary/aromatic N) is 4. The van der Waals surface area contributed by atoms with Crippen LogP contribution in [0.1, 0.15) is 22.8 Å². The largest absolute Gasteiger partial charge is 0.363 e. The van der Waals surface area contributed by atoms with Crippen molar-refractivity contribution in [2.75, 3.05) is 31.1 Å².